The zero-order chi connectivity index (χ0) is 24.8. The predicted molar refractivity (Wildman–Crippen MR) is 143 cm³/mol. The van der Waals surface area contributed by atoms with Crippen LogP contribution in [0, 0.1) is 0 Å². The van der Waals surface area contributed by atoms with E-state index in [1.807, 2.05) is 35.0 Å². The molecule has 0 N–H and O–H groups in total. The molecule has 7 nitrogen and oxygen atoms in total. The quantitative estimate of drug-likeness (QED) is 0.378. The number of fused-ring (bicyclic) bond motifs is 3. The Hall–Kier alpha value is -3.58. The van der Waals surface area contributed by atoms with Crippen molar-refractivity contribution in [1.29, 1.82) is 0 Å². The molecule has 2 bridgehead atoms. The number of anilines is 1. The summed E-state index contributed by atoms with van der Waals surface area (Å²) in [6, 6.07) is 20.8. The second-order valence-corrected chi connectivity index (χ2v) is 10.1. The molecule has 2 aromatic heterocycles. The maximum absolute atomic E-state index is 5.44. The summed E-state index contributed by atoms with van der Waals surface area (Å²) in [5.74, 6) is 2.00. The maximum Gasteiger partial charge on any atom is 0.182 e. The van der Waals surface area contributed by atoms with Gasteiger partial charge in [-0.15, -0.1) is 5.10 Å². The first-order chi connectivity index (χ1) is 17.5. The van der Waals surface area contributed by atoms with Gasteiger partial charge in [-0.2, -0.15) is 0 Å². The number of hydrogen-bond acceptors (Lipinski definition) is 6. The number of ether oxygens (including phenoxy) is 2. The van der Waals surface area contributed by atoms with Crippen molar-refractivity contribution in [3.63, 3.8) is 0 Å². The van der Waals surface area contributed by atoms with E-state index in [-0.39, 0.29) is 0 Å². The highest BCUT2D eigenvalue weighted by atomic mass is 16.5. The molecule has 2 aliphatic rings. The fourth-order valence-electron chi connectivity index (χ4n) is 6.01. The number of pyridine rings is 1. The van der Waals surface area contributed by atoms with Gasteiger partial charge < -0.3 is 14.4 Å². The van der Waals surface area contributed by atoms with Crippen LogP contribution in [0.3, 0.4) is 0 Å². The van der Waals surface area contributed by atoms with Gasteiger partial charge in [0.25, 0.3) is 0 Å². The fourth-order valence-corrected chi connectivity index (χ4v) is 6.01. The molecule has 2 saturated heterocycles. The molecule has 0 amide bonds. The van der Waals surface area contributed by atoms with E-state index in [4.69, 9.17) is 19.6 Å². The number of piperazine rings is 1. The van der Waals surface area contributed by atoms with Crippen LogP contribution in [0.15, 0.2) is 60.8 Å². The van der Waals surface area contributed by atoms with Crippen molar-refractivity contribution in [3.05, 3.63) is 60.8 Å². The molecule has 36 heavy (non-hydrogen) atoms. The molecule has 186 valence electrons. The lowest BCUT2D eigenvalue weighted by atomic mass is 10.1. The molecular weight excluding hydrogens is 450 g/mol. The topological polar surface area (TPSA) is 55.1 Å². The Kier molecular flexibility index (Phi) is 5.80. The van der Waals surface area contributed by atoms with E-state index in [9.17, 15) is 0 Å². The lowest BCUT2D eigenvalue weighted by Gasteiger charge is -2.44. The molecule has 2 atom stereocenters. The molecular formula is C29H33N5O2. The van der Waals surface area contributed by atoms with Crippen LogP contribution in [0.4, 0.5) is 5.69 Å². The molecule has 0 saturated carbocycles. The molecule has 2 aliphatic heterocycles. The van der Waals surface area contributed by atoms with E-state index in [2.05, 4.69) is 54.0 Å². The van der Waals surface area contributed by atoms with Gasteiger partial charge >= 0.3 is 0 Å². The van der Waals surface area contributed by atoms with Crippen LogP contribution >= 0.6 is 0 Å². The van der Waals surface area contributed by atoms with E-state index >= 15 is 0 Å². The van der Waals surface area contributed by atoms with Crippen LogP contribution in [0.25, 0.3) is 28.2 Å². The summed E-state index contributed by atoms with van der Waals surface area (Å²) >= 11 is 0. The lowest BCUT2D eigenvalue weighted by molar-refractivity contribution is 0.129. The summed E-state index contributed by atoms with van der Waals surface area (Å²) in [6.07, 6.45) is 4.69. The summed E-state index contributed by atoms with van der Waals surface area (Å²) in [7, 11) is 3.26. The van der Waals surface area contributed by atoms with E-state index < -0.39 is 0 Å². The van der Waals surface area contributed by atoms with Crippen molar-refractivity contribution in [3.8, 4) is 34.0 Å². The molecule has 4 aromatic rings. The molecule has 4 heterocycles. The second kappa shape index (κ2) is 9.13. The minimum absolute atomic E-state index is 0.631. The van der Waals surface area contributed by atoms with E-state index in [1.54, 1.807) is 14.2 Å². The minimum atomic E-state index is 0.631. The molecule has 0 spiro atoms. The first kappa shape index (κ1) is 22.9. The van der Waals surface area contributed by atoms with Crippen LogP contribution in [-0.4, -0.2) is 64.9 Å². The minimum Gasteiger partial charge on any atom is -0.493 e. The van der Waals surface area contributed by atoms with Crippen LogP contribution in [0.5, 0.6) is 11.5 Å². The standard InChI is InChI=1S/C29H33N5O2/c1-19(2)34-24-11-12-25(34)18-32(17-24)23-9-5-20(6-10-23)22-8-14-28-30-29(31-33(28)16-22)21-7-13-26(35-3)27(15-21)36-4/h5-10,13-16,19,24-25H,11-12,17-18H2,1-4H3. The molecule has 0 radical (unpaired) electrons. The smallest absolute Gasteiger partial charge is 0.182 e. The maximum atomic E-state index is 5.44. The first-order valence-corrected chi connectivity index (χ1v) is 12.8. The van der Waals surface area contributed by atoms with E-state index in [0.29, 0.717) is 35.4 Å². The van der Waals surface area contributed by atoms with Gasteiger partial charge in [0.1, 0.15) is 0 Å². The average molecular weight is 484 g/mol. The highest BCUT2D eigenvalue weighted by molar-refractivity contribution is 5.69. The lowest BCUT2D eigenvalue weighted by Crippen LogP contribution is -2.56. The highest BCUT2D eigenvalue weighted by Gasteiger charge is 2.40. The number of aromatic nitrogens is 3. The Balaban J connectivity index is 1.23. The first-order valence-electron chi connectivity index (χ1n) is 12.8. The van der Waals surface area contributed by atoms with Gasteiger partial charge in [-0.05, 0) is 74.7 Å². The average Bonchev–Trinajstić information content (AvgIpc) is 3.46. The molecule has 7 heteroatoms. The molecule has 2 unspecified atom stereocenters. The number of benzene rings is 2. The van der Waals surface area contributed by atoms with Crippen LogP contribution in [0.1, 0.15) is 26.7 Å². The number of nitrogens with zero attached hydrogens (tertiary/aromatic N) is 5. The van der Waals surface area contributed by atoms with Crippen molar-refractivity contribution >= 4 is 11.3 Å². The predicted octanol–water partition coefficient (Wildman–Crippen LogP) is 5.14. The monoisotopic (exact) mass is 483 g/mol. The summed E-state index contributed by atoms with van der Waals surface area (Å²) in [4.78, 5) is 10.0. The molecule has 2 aromatic carbocycles. The third-order valence-corrected chi connectivity index (χ3v) is 7.67. The van der Waals surface area contributed by atoms with Crippen molar-refractivity contribution in [2.24, 2.45) is 0 Å². The van der Waals surface area contributed by atoms with Gasteiger partial charge in [-0.1, -0.05) is 12.1 Å². The van der Waals surface area contributed by atoms with Gasteiger partial charge in [0.15, 0.2) is 23.0 Å². The Bertz CT molecular complexity index is 1370. The third kappa shape index (κ3) is 3.97. The van der Waals surface area contributed by atoms with Crippen LogP contribution < -0.4 is 14.4 Å². The Morgan fingerprint density at radius 3 is 2.14 bits per heavy atom. The zero-order valence-electron chi connectivity index (χ0n) is 21.4. The van der Waals surface area contributed by atoms with Crippen molar-refractivity contribution in [1.82, 2.24) is 19.5 Å². The SMILES string of the molecule is COc1ccc(-c2nc3ccc(-c4ccc(N5CC6CCC(C5)N6C(C)C)cc4)cn3n2)cc1OC. The summed E-state index contributed by atoms with van der Waals surface area (Å²) < 4.78 is 12.6. The fraction of sp³-hybridized carbons (Fsp3) is 0.379. The Morgan fingerprint density at radius 2 is 1.47 bits per heavy atom. The third-order valence-electron chi connectivity index (χ3n) is 7.67. The number of methoxy groups -OCH3 is 2. The van der Waals surface area contributed by atoms with Crippen LogP contribution in [0.2, 0.25) is 0 Å². The zero-order valence-corrected chi connectivity index (χ0v) is 21.4. The molecule has 2 fully saturated rings. The largest absolute Gasteiger partial charge is 0.493 e. The summed E-state index contributed by atoms with van der Waals surface area (Å²) in [5, 5.41) is 4.73. The van der Waals surface area contributed by atoms with Gasteiger partial charge in [-0.3, -0.25) is 4.90 Å². The number of hydrogen-bond donors (Lipinski definition) is 0. The molecule has 0 aliphatic carbocycles. The van der Waals surface area contributed by atoms with Gasteiger partial charge in [0.05, 0.1) is 14.2 Å². The van der Waals surface area contributed by atoms with E-state index in [1.165, 1.54) is 24.1 Å². The molecule has 6 rings (SSSR count). The summed E-state index contributed by atoms with van der Waals surface area (Å²) in [6.45, 7) is 6.91. The van der Waals surface area contributed by atoms with E-state index in [0.717, 1.165) is 29.9 Å². The van der Waals surface area contributed by atoms with Crippen LogP contribution in [-0.2, 0) is 0 Å². The Labute approximate surface area is 212 Å². The number of rotatable bonds is 6. The normalized spacial score (nSPS) is 19.9. The van der Waals surface area contributed by atoms with Gasteiger partial charge in [-0.25, -0.2) is 9.50 Å². The van der Waals surface area contributed by atoms with Crippen molar-refractivity contribution in [2.45, 2.75) is 44.8 Å². The highest BCUT2D eigenvalue weighted by Crippen LogP contribution is 2.35. The summed E-state index contributed by atoms with van der Waals surface area (Å²) in [5.41, 5.74) is 5.29. The van der Waals surface area contributed by atoms with Crippen molar-refractivity contribution < 1.29 is 9.47 Å². The second-order valence-electron chi connectivity index (χ2n) is 10.1. The Morgan fingerprint density at radius 1 is 0.806 bits per heavy atom. The van der Waals surface area contributed by atoms with Crippen molar-refractivity contribution in [2.75, 3.05) is 32.2 Å². The van der Waals surface area contributed by atoms with Gasteiger partial charge in [0.2, 0.25) is 0 Å². The van der Waals surface area contributed by atoms with Gasteiger partial charge in [0, 0.05) is 54.2 Å².